The highest BCUT2D eigenvalue weighted by molar-refractivity contribution is 7.99. The maximum absolute atomic E-state index is 12.8. The molecule has 1 N–H and O–H groups in total. The molecule has 2 unspecified atom stereocenters. The Morgan fingerprint density at radius 3 is 2.80 bits per heavy atom. The van der Waals surface area contributed by atoms with E-state index in [-0.39, 0.29) is 30.2 Å². The zero-order chi connectivity index (χ0) is 14.5. The predicted molar refractivity (Wildman–Crippen MR) is 78.1 cm³/mol. The minimum atomic E-state index is -0.245. The lowest BCUT2D eigenvalue weighted by atomic mass is 10.1. The van der Waals surface area contributed by atoms with Crippen LogP contribution in [0.5, 0.6) is 0 Å². The van der Waals surface area contributed by atoms with Gasteiger partial charge in [0, 0.05) is 42.2 Å². The molecule has 0 radical (unpaired) electrons. The number of carbonyl (C=O) groups excluding carboxylic acids is 1. The molecule has 2 atom stereocenters. The van der Waals surface area contributed by atoms with E-state index in [2.05, 4.69) is 0 Å². The fourth-order valence-electron chi connectivity index (χ4n) is 2.32. The first kappa shape index (κ1) is 15.3. The third-order valence-corrected chi connectivity index (χ3v) is 4.86. The van der Waals surface area contributed by atoms with E-state index in [1.54, 1.807) is 23.9 Å². The van der Waals surface area contributed by atoms with Crippen LogP contribution in [0.25, 0.3) is 0 Å². The Bertz CT molecular complexity index is 452. The van der Waals surface area contributed by atoms with Crippen LogP contribution >= 0.6 is 11.8 Å². The van der Waals surface area contributed by atoms with E-state index >= 15 is 0 Å². The van der Waals surface area contributed by atoms with Gasteiger partial charge < -0.3 is 10.0 Å². The zero-order valence-corrected chi connectivity index (χ0v) is 12.4. The highest BCUT2D eigenvalue weighted by Gasteiger charge is 2.28. The fraction of sp³-hybridized carbons (Fsp3) is 0.533. The largest absolute Gasteiger partial charge is 0.396 e. The quantitative estimate of drug-likeness (QED) is 0.848. The Labute approximate surface area is 123 Å². The van der Waals surface area contributed by atoms with E-state index in [1.807, 2.05) is 11.8 Å². The van der Waals surface area contributed by atoms with Crippen LogP contribution in [0, 0.1) is 17.7 Å². The maximum Gasteiger partial charge on any atom is 0.226 e. The van der Waals surface area contributed by atoms with Gasteiger partial charge in [-0.2, -0.15) is 0 Å². The summed E-state index contributed by atoms with van der Waals surface area (Å²) in [6, 6.07) is 6.33. The number of amides is 1. The second-order valence-electron chi connectivity index (χ2n) is 5.29. The van der Waals surface area contributed by atoms with Crippen LogP contribution in [0.2, 0.25) is 0 Å². The summed E-state index contributed by atoms with van der Waals surface area (Å²) in [5, 5.41) is 9.11. The normalized spacial score (nSPS) is 20.1. The summed E-state index contributed by atoms with van der Waals surface area (Å²) in [6.45, 7) is 3.49. The van der Waals surface area contributed by atoms with Gasteiger partial charge in [-0.15, -0.1) is 11.8 Å². The number of halogens is 1. The number of thioether (sulfide) groups is 1. The summed E-state index contributed by atoms with van der Waals surface area (Å²) in [7, 11) is 0. The molecule has 110 valence electrons. The van der Waals surface area contributed by atoms with Gasteiger partial charge in [-0.3, -0.25) is 4.79 Å². The van der Waals surface area contributed by atoms with Crippen LogP contribution < -0.4 is 0 Å². The first-order chi connectivity index (χ1) is 9.60. The number of aliphatic hydroxyl groups excluding tert-OH is 1. The molecular weight excluding hydrogens is 277 g/mol. The lowest BCUT2D eigenvalue weighted by Crippen LogP contribution is -2.34. The second kappa shape index (κ2) is 7.09. The summed E-state index contributed by atoms with van der Waals surface area (Å²) in [5.41, 5.74) is 0. The van der Waals surface area contributed by atoms with Crippen molar-refractivity contribution >= 4 is 17.7 Å². The average Bonchev–Trinajstić information content (AvgIpc) is 2.94. The fourth-order valence-corrected chi connectivity index (χ4v) is 3.23. The molecule has 0 saturated carbocycles. The van der Waals surface area contributed by atoms with E-state index in [0.717, 1.165) is 17.9 Å². The highest BCUT2D eigenvalue weighted by atomic mass is 32.2. The number of hydrogen-bond acceptors (Lipinski definition) is 3. The minimum Gasteiger partial charge on any atom is -0.396 e. The summed E-state index contributed by atoms with van der Waals surface area (Å²) >= 11 is 1.57. The minimum absolute atomic E-state index is 0.0671. The van der Waals surface area contributed by atoms with Crippen molar-refractivity contribution in [3.63, 3.8) is 0 Å². The first-order valence-corrected chi connectivity index (χ1v) is 7.86. The van der Waals surface area contributed by atoms with Crippen molar-refractivity contribution < 1.29 is 14.3 Å². The van der Waals surface area contributed by atoms with Crippen LogP contribution in [-0.2, 0) is 4.79 Å². The van der Waals surface area contributed by atoms with Crippen molar-refractivity contribution in [3.05, 3.63) is 30.1 Å². The van der Waals surface area contributed by atoms with Gasteiger partial charge in [0.2, 0.25) is 5.91 Å². The van der Waals surface area contributed by atoms with Gasteiger partial charge in [-0.1, -0.05) is 6.92 Å². The molecule has 1 aliphatic heterocycles. The molecule has 1 fully saturated rings. The van der Waals surface area contributed by atoms with E-state index in [0.29, 0.717) is 12.3 Å². The van der Waals surface area contributed by atoms with Crippen LogP contribution in [0.4, 0.5) is 4.39 Å². The SMILES string of the molecule is CC(CSc1ccc(F)cc1)C(=O)N1CCC(CO)C1. The average molecular weight is 297 g/mol. The number of carbonyl (C=O) groups is 1. The number of rotatable bonds is 5. The Kier molecular flexibility index (Phi) is 5.43. The van der Waals surface area contributed by atoms with Crippen molar-refractivity contribution in [2.24, 2.45) is 11.8 Å². The number of nitrogens with zero attached hydrogens (tertiary/aromatic N) is 1. The summed E-state index contributed by atoms with van der Waals surface area (Å²) in [6.07, 6.45) is 0.889. The molecule has 0 aliphatic carbocycles. The lowest BCUT2D eigenvalue weighted by Gasteiger charge is -2.20. The van der Waals surface area contributed by atoms with Crippen molar-refractivity contribution in [2.75, 3.05) is 25.4 Å². The molecule has 5 heteroatoms. The smallest absolute Gasteiger partial charge is 0.226 e. The van der Waals surface area contributed by atoms with Gasteiger partial charge in [0.1, 0.15) is 5.82 Å². The van der Waals surface area contributed by atoms with Gasteiger partial charge in [0.15, 0.2) is 0 Å². The summed E-state index contributed by atoms with van der Waals surface area (Å²) < 4.78 is 12.8. The van der Waals surface area contributed by atoms with Gasteiger partial charge in [0.25, 0.3) is 0 Å². The molecule has 1 aromatic carbocycles. The third-order valence-electron chi connectivity index (χ3n) is 3.59. The maximum atomic E-state index is 12.8. The van der Waals surface area contributed by atoms with E-state index in [4.69, 9.17) is 5.11 Å². The summed E-state index contributed by atoms with van der Waals surface area (Å²) in [4.78, 5) is 15.1. The zero-order valence-electron chi connectivity index (χ0n) is 11.6. The molecule has 1 heterocycles. The van der Waals surface area contributed by atoms with Crippen molar-refractivity contribution in [1.82, 2.24) is 4.90 Å². The molecule has 1 aromatic rings. The van der Waals surface area contributed by atoms with Crippen molar-refractivity contribution in [1.29, 1.82) is 0 Å². The highest BCUT2D eigenvalue weighted by Crippen LogP contribution is 2.24. The summed E-state index contributed by atoms with van der Waals surface area (Å²) in [5.74, 6) is 0.754. The molecule has 3 nitrogen and oxygen atoms in total. The number of aliphatic hydroxyl groups is 1. The molecule has 1 aliphatic rings. The molecule has 0 bridgehead atoms. The van der Waals surface area contributed by atoms with Gasteiger partial charge in [-0.25, -0.2) is 4.39 Å². The standard InChI is InChI=1S/C15H20FNO2S/c1-11(10-20-14-4-2-13(16)3-5-14)15(19)17-7-6-12(8-17)9-18/h2-5,11-12,18H,6-10H2,1H3. The van der Waals surface area contributed by atoms with Gasteiger partial charge in [-0.05, 0) is 30.7 Å². The van der Waals surface area contributed by atoms with Crippen LogP contribution in [0.1, 0.15) is 13.3 Å². The van der Waals surface area contributed by atoms with Crippen LogP contribution in [0.15, 0.2) is 29.2 Å². The molecule has 0 spiro atoms. The molecular formula is C15H20FNO2S. The van der Waals surface area contributed by atoms with E-state index in [9.17, 15) is 9.18 Å². The first-order valence-electron chi connectivity index (χ1n) is 6.88. The van der Waals surface area contributed by atoms with Gasteiger partial charge in [0.05, 0.1) is 0 Å². The second-order valence-corrected chi connectivity index (χ2v) is 6.38. The Hall–Kier alpha value is -1.07. The van der Waals surface area contributed by atoms with E-state index in [1.165, 1.54) is 12.1 Å². The number of benzene rings is 1. The number of likely N-dealkylation sites (tertiary alicyclic amines) is 1. The van der Waals surface area contributed by atoms with Crippen molar-refractivity contribution in [3.8, 4) is 0 Å². The Balaban J connectivity index is 1.81. The monoisotopic (exact) mass is 297 g/mol. The molecule has 1 saturated heterocycles. The number of hydrogen-bond donors (Lipinski definition) is 1. The Morgan fingerprint density at radius 2 is 2.20 bits per heavy atom. The molecule has 20 heavy (non-hydrogen) atoms. The predicted octanol–water partition coefficient (Wildman–Crippen LogP) is 2.39. The Morgan fingerprint density at radius 1 is 1.50 bits per heavy atom. The van der Waals surface area contributed by atoms with Crippen LogP contribution in [-0.4, -0.2) is 41.4 Å². The van der Waals surface area contributed by atoms with Crippen LogP contribution in [0.3, 0.4) is 0 Å². The lowest BCUT2D eigenvalue weighted by molar-refractivity contribution is -0.133. The topological polar surface area (TPSA) is 40.5 Å². The third kappa shape index (κ3) is 3.96. The van der Waals surface area contributed by atoms with E-state index < -0.39 is 0 Å². The van der Waals surface area contributed by atoms with Crippen molar-refractivity contribution in [2.45, 2.75) is 18.2 Å². The molecule has 0 aromatic heterocycles. The molecule has 1 amide bonds. The molecule has 2 rings (SSSR count). The van der Waals surface area contributed by atoms with Gasteiger partial charge >= 0.3 is 0 Å².